The van der Waals surface area contributed by atoms with Gasteiger partial charge in [0, 0.05) is 6.54 Å². The zero-order valence-electron chi connectivity index (χ0n) is 11.1. The number of aromatic amines is 1. The Bertz CT molecular complexity index is 800. The molecule has 3 heteroatoms. The van der Waals surface area contributed by atoms with E-state index in [1.54, 1.807) is 0 Å². The topological polar surface area (TPSA) is 37.8 Å². The molecule has 4 rings (SSSR count). The molecule has 2 atom stereocenters. The van der Waals surface area contributed by atoms with E-state index in [-0.39, 0.29) is 5.69 Å². The van der Waals surface area contributed by atoms with Crippen LogP contribution in [0.2, 0.25) is 0 Å². The van der Waals surface area contributed by atoms with Gasteiger partial charge in [0.15, 0.2) is 0 Å². The molecular formula is C17H16N2O. The van der Waals surface area contributed by atoms with Gasteiger partial charge in [-0.15, -0.1) is 0 Å². The summed E-state index contributed by atoms with van der Waals surface area (Å²) in [6.45, 7) is 0.808. The molecule has 3 aromatic rings. The van der Waals surface area contributed by atoms with Gasteiger partial charge < -0.3 is 4.98 Å². The third-order valence-corrected chi connectivity index (χ3v) is 4.25. The van der Waals surface area contributed by atoms with Gasteiger partial charge in [0.25, 0.3) is 0 Å². The predicted octanol–water partition coefficient (Wildman–Crippen LogP) is 3.13. The molecule has 1 fully saturated rings. The lowest BCUT2D eigenvalue weighted by molar-refractivity contribution is 0.610. The first-order valence-corrected chi connectivity index (χ1v) is 7.05. The number of hydrogen-bond acceptors (Lipinski definition) is 1. The molecule has 0 amide bonds. The summed E-state index contributed by atoms with van der Waals surface area (Å²) in [4.78, 5) is 15.0. The lowest BCUT2D eigenvalue weighted by Crippen LogP contribution is -2.17. The number of nitrogens with zero attached hydrogens (tertiary/aromatic N) is 1. The lowest BCUT2D eigenvalue weighted by atomic mass is 10.1. The van der Waals surface area contributed by atoms with Crippen molar-refractivity contribution in [3.8, 4) is 0 Å². The van der Waals surface area contributed by atoms with Gasteiger partial charge in [-0.25, -0.2) is 4.79 Å². The van der Waals surface area contributed by atoms with Gasteiger partial charge in [-0.05, 0) is 36.0 Å². The number of fused-ring (bicyclic) bond motifs is 1. The molecule has 0 saturated heterocycles. The molecule has 1 aliphatic carbocycles. The van der Waals surface area contributed by atoms with Gasteiger partial charge in [-0.3, -0.25) is 4.57 Å². The van der Waals surface area contributed by atoms with Crippen LogP contribution in [0.15, 0.2) is 59.4 Å². The molecule has 1 N–H and O–H groups in total. The zero-order chi connectivity index (χ0) is 13.5. The first-order chi connectivity index (χ1) is 9.83. The van der Waals surface area contributed by atoms with Crippen LogP contribution in [0.3, 0.4) is 0 Å². The van der Waals surface area contributed by atoms with Gasteiger partial charge in [-0.1, -0.05) is 42.5 Å². The van der Waals surface area contributed by atoms with Crippen molar-refractivity contribution in [1.82, 2.24) is 9.55 Å². The summed E-state index contributed by atoms with van der Waals surface area (Å²) in [5, 5.41) is 0. The molecule has 0 spiro atoms. The fourth-order valence-corrected chi connectivity index (χ4v) is 3.08. The minimum Gasteiger partial charge on any atom is -0.306 e. The average Bonchev–Trinajstić information content (AvgIpc) is 3.19. The van der Waals surface area contributed by atoms with Crippen LogP contribution in [-0.2, 0) is 6.54 Å². The van der Waals surface area contributed by atoms with Gasteiger partial charge >= 0.3 is 5.69 Å². The Morgan fingerprint density at radius 1 is 1.05 bits per heavy atom. The SMILES string of the molecule is O=c1[nH]c2ccccc2n1C[C@@H]1C[C@H]1c1ccccc1. The fraction of sp³-hybridized carbons (Fsp3) is 0.235. The molecule has 1 aliphatic rings. The van der Waals surface area contributed by atoms with E-state index in [9.17, 15) is 4.79 Å². The first-order valence-electron chi connectivity index (χ1n) is 7.05. The largest absolute Gasteiger partial charge is 0.326 e. The molecule has 0 radical (unpaired) electrons. The van der Waals surface area contributed by atoms with E-state index in [4.69, 9.17) is 0 Å². The van der Waals surface area contributed by atoms with Crippen molar-refractivity contribution in [3.63, 3.8) is 0 Å². The van der Waals surface area contributed by atoms with Gasteiger partial charge in [-0.2, -0.15) is 0 Å². The van der Waals surface area contributed by atoms with Crippen molar-refractivity contribution < 1.29 is 0 Å². The highest BCUT2D eigenvalue weighted by Crippen LogP contribution is 2.48. The number of hydrogen-bond donors (Lipinski definition) is 1. The molecule has 1 aromatic heterocycles. The molecule has 1 saturated carbocycles. The van der Waals surface area contributed by atoms with E-state index in [0.29, 0.717) is 11.8 Å². The number of aromatic nitrogens is 2. The summed E-state index contributed by atoms with van der Waals surface area (Å²) in [7, 11) is 0. The van der Waals surface area contributed by atoms with Crippen LogP contribution in [0.4, 0.5) is 0 Å². The highest BCUT2D eigenvalue weighted by molar-refractivity contribution is 5.74. The standard InChI is InChI=1S/C17H16N2O/c20-17-18-15-8-4-5-9-16(15)19(17)11-13-10-14(13)12-6-2-1-3-7-12/h1-9,13-14H,10-11H2,(H,18,20)/t13-,14-/m0/s1. The monoisotopic (exact) mass is 264 g/mol. The Labute approximate surface area is 116 Å². The maximum absolute atomic E-state index is 12.1. The van der Waals surface area contributed by atoms with E-state index in [2.05, 4.69) is 29.2 Å². The van der Waals surface area contributed by atoms with Crippen LogP contribution < -0.4 is 5.69 Å². The molecule has 2 aromatic carbocycles. The number of para-hydroxylation sites is 2. The van der Waals surface area contributed by atoms with Crippen molar-refractivity contribution in [2.24, 2.45) is 5.92 Å². The Kier molecular flexibility index (Phi) is 2.52. The van der Waals surface area contributed by atoms with E-state index in [0.717, 1.165) is 17.6 Å². The van der Waals surface area contributed by atoms with Crippen LogP contribution in [0.1, 0.15) is 17.9 Å². The summed E-state index contributed by atoms with van der Waals surface area (Å²) in [5.41, 5.74) is 3.33. The second-order valence-corrected chi connectivity index (χ2v) is 5.57. The van der Waals surface area contributed by atoms with Crippen molar-refractivity contribution in [1.29, 1.82) is 0 Å². The van der Waals surface area contributed by atoms with Crippen molar-refractivity contribution in [3.05, 3.63) is 70.6 Å². The molecule has 0 unspecified atom stereocenters. The normalized spacial score (nSPS) is 21.2. The maximum Gasteiger partial charge on any atom is 0.326 e. The van der Waals surface area contributed by atoms with Crippen LogP contribution in [-0.4, -0.2) is 9.55 Å². The van der Waals surface area contributed by atoms with Crippen LogP contribution >= 0.6 is 0 Å². The Morgan fingerprint density at radius 3 is 2.65 bits per heavy atom. The summed E-state index contributed by atoms with van der Waals surface area (Å²) >= 11 is 0. The van der Waals surface area contributed by atoms with Gasteiger partial charge in [0.1, 0.15) is 0 Å². The average molecular weight is 264 g/mol. The molecule has 0 aliphatic heterocycles. The van der Waals surface area contributed by atoms with Crippen molar-refractivity contribution in [2.45, 2.75) is 18.9 Å². The van der Waals surface area contributed by atoms with Crippen LogP contribution in [0.5, 0.6) is 0 Å². The second-order valence-electron chi connectivity index (χ2n) is 5.57. The number of benzene rings is 2. The molecule has 1 heterocycles. The van der Waals surface area contributed by atoms with Gasteiger partial charge in [0.05, 0.1) is 11.0 Å². The van der Waals surface area contributed by atoms with Crippen molar-refractivity contribution in [2.75, 3.05) is 0 Å². The van der Waals surface area contributed by atoms with Crippen LogP contribution in [0, 0.1) is 5.92 Å². The molecule has 3 nitrogen and oxygen atoms in total. The van der Waals surface area contributed by atoms with Crippen LogP contribution in [0.25, 0.3) is 11.0 Å². The quantitative estimate of drug-likeness (QED) is 0.775. The number of imidazole rings is 1. The molecule has 0 bridgehead atoms. The van der Waals surface area contributed by atoms with E-state index in [1.807, 2.05) is 34.9 Å². The van der Waals surface area contributed by atoms with Crippen molar-refractivity contribution >= 4 is 11.0 Å². The third-order valence-electron chi connectivity index (χ3n) is 4.25. The second kappa shape index (κ2) is 4.37. The zero-order valence-corrected chi connectivity index (χ0v) is 11.1. The minimum absolute atomic E-state index is 0.00455. The van der Waals surface area contributed by atoms with E-state index < -0.39 is 0 Å². The first kappa shape index (κ1) is 11.5. The molecular weight excluding hydrogens is 248 g/mol. The summed E-state index contributed by atoms with van der Waals surface area (Å²) < 4.78 is 1.88. The van der Waals surface area contributed by atoms with Gasteiger partial charge in [0.2, 0.25) is 0 Å². The molecule has 20 heavy (non-hydrogen) atoms. The lowest BCUT2D eigenvalue weighted by Gasteiger charge is -2.03. The predicted molar refractivity (Wildman–Crippen MR) is 79.8 cm³/mol. The third kappa shape index (κ3) is 1.86. The van der Waals surface area contributed by atoms with E-state index in [1.165, 1.54) is 12.0 Å². The number of nitrogens with one attached hydrogen (secondary N) is 1. The number of rotatable bonds is 3. The molecule has 100 valence electrons. The Morgan fingerprint density at radius 2 is 1.80 bits per heavy atom. The Balaban J connectivity index is 1.61. The highest BCUT2D eigenvalue weighted by Gasteiger charge is 2.38. The van der Waals surface area contributed by atoms with E-state index >= 15 is 0 Å². The summed E-state index contributed by atoms with van der Waals surface area (Å²) in [5.74, 6) is 1.19. The maximum atomic E-state index is 12.1. The summed E-state index contributed by atoms with van der Waals surface area (Å²) in [6.07, 6.45) is 1.18. The fourth-order valence-electron chi connectivity index (χ4n) is 3.08. The smallest absolute Gasteiger partial charge is 0.306 e. The number of H-pyrrole nitrogens is 1. The Hall–Kier alpha value is -2.29. The minimum atomic E-state index is 0.00455. The summed E-state index contributed by atoms with van der Waals surface area (Å²) in [6, 6.07) is 18.5. The highest BCUT2D eigenvalue weighted by atomic mass is 16.1.